The van der Waals surface area contributed by atoms with Crippen molar-refractivity contribution in [3.05, 3.63) is 35.9 Å². The van der Waals surface area contributed by atoms with Crippen LogP contribution in [-0.2, 0) is 16.0 Å². The monoisotopic (exact) mass is 234 g/mol. The van der Waals surface area contributed by atoms with Gasteiger partial charge in [-0.25, -0.2) is 0 Å². The Hall–Kier alpha value is -1.44. The zero-order valence-corrected chi connectivity index (χ0v) is 11.4. The van der Waals surface area contributed by atoms with Crippen molar-refractivity contribution in [1.29, 1.82) is 0 Å². The van der Waals surface area contributed by atoms with Crippen LogP contribution in [-0.4, -0.2) is 11.6 Å². The van der Waals surface area contributed by atoms with Crippen LogP contribution in [0.4, 0.5) is 0 Å². The van der Waals surface area contributed by atoms with Gasteiger partial charge in [-0.05, 0) is 19.4 Å². The summed E-state index contributed by atoms with van der Waals surface area (Å²) in [4.78, 5) is 21.1. The summed E-state index contributed by atoms with van der Waals surface area (Å²) in [7, 11) is 0. The lowest BCUT2D eigenvalue weighted by Gasteiger charge is -2.11. The van der Waals surface area contributed by atoms with E-state index in [1.54, 1.807) is 13.8 Å². The molecule has 0 aliphatic rings. The number of rotatable bonds is 2. The van der Waals surface area contributed by atoms with Gasteiger partial charge in [-0.1, -0.05) is 51.1 Å². The molecule has 0 heterocycles. The van der Waals surface area contributed by atoms with Gasteiger partial charge in [0, 0.05) is 11.8 Å². The van der Waals surface area contributed by atoms with Crippen LogP contribution in [0.3, 0.4) is 0 Å². The van der Waals surface area contributed by atoms with Crippen LogP contribution in [0.15, 0.2) is 30.3 Å². The van der Waals surface area contributed by atoms with Crippen molar-refractivity contribution in [2.24, 2.45) is 5.41 Å². The second-order valence-electron chi connectivity index (χ2n) is 5.17. The predicted octanol–water partition coefficient (Wildman–Crippen LogP) is 3.44. The van der Waals surface area contributed by atoms with E-state index in [4.69, 9.17) is 0 Å². The standard InChI is InChI=1S/C9H10O.C6H12O/c1-8(10)7-9-5-3-2-4-6-9;1-5(7)6(2,3)4/h2-6H,7H2,1H3;1-4H3. The first-order chi connectivity index (χ1) is 7.73. The zero-order chi connectivity index (χ0) is 13.5. The molecule has 2 heteroatoms. The van der Waals surface area contributed by atoms with Gasteiger partial charge in [-0.15, -0.1) is 0 Å². The van der Waals surface area contributed by atoms with E-state index >= 15 is 0 Å². The van der Waals surface area contributed by atoms with Crippen LogP contribution in [0.5, 0.6) is 0 Å². The number of hydrogen-bond donors (Lipinski definition) is 0. The van der Waals surface area contributed by atoms with E-state index in [-0.39, 0.29) is 17.0 Å². The molecule has 17 heavy (non-hydrogen) atoms. The lowest BCUT2D eigenvalue weighted by molar-refractivity contribution is -0.124. The number of carbonyl (C=O) groups excluding carboxylic acids is 2. The van der Waals surface area contributed by atoms with Gasteiger partial charge in [0.2, 0.25) is 0 Å². The van der Waals surface area contributed by atoms with Crippen molar-refractivity contribution in [2.75, 3.05) is 0 Å². The SMILES string of the molecule is CC(=O)C(C)(C)C.CC(=O)Cc1ccccc1. The van der Waals surface area contributed by atoms with Crippen molar-refractivity contribution in [3.63, 3.8) is 0 Å². The predicted molar refractivity (Wildman–Crippen MR) is 71.0 cm³/mol. The van der Waals surface area contributed by atoms with Crippen molar-refractivity contribution < 1.29 is 9.59 Å². The fourth-order valence-corrected chi connectivity index (χ4v) is 0.883. The summed E-state index contributed by atoms with van der Waals surface area (Å²) in [5, 5.41) is 0. The topological polar surface area (TPSA) is 34.1 Å². The first-order valence-corrected chi connectivity index (χ1v) is 5.78. The van der Waals surface area contributed by atoms with Gasteiger partial charge >= 0.3 is 0 Å². The Morgan fingerprint density at radius 2 is 1.41 bits per heavy atom. The third kappa shape index (κ3) is 8.38. The average Bonchev–Trinajstić information content (AvgIpc) is 2.17. The molecule has 0 bridgehead atoms. The van der Waals surface area contributed by atoms with Crippen molar-refractivity contribution in [2.45, 2.75) is 41.0 Å². The molecule has 0 saturated heterocycles. The van der Waals surface area contributed by atoms with Crippen molar-refractivity contribution in [3.8, 4) is 0 Å². The van der Waals surface area contributed by atoms with Crippen LogP contribution in [0.1, 0.15) is 40.2 Å². The van der Waals surface area contributed by atoms with Crippen LogP contribution < -0.4 is 0 Å². The van der Waals surface area contributed by atoms with Gasteiger partial charge in [0.15, 0.2) is 0 Å². The van der Waals surface area contributed by atoms with E-state index in [0.29, 0.717) is 6.42 Å². The molecule has 0 aliphatic heterocycles. The van der Waals surface area contributed by atoms with Crippen LogP contribution in [0.25, 0.3) is 0 Å². The first-order valence-electron chi connectivity index (χ1n) is 5.78. The number of carbonyl (C=O) groups is 2. The summed E-state index contributed by atoms with van der Waals surface area (Å²) in [6.07, 6.45) is 0.556. The maximum Gasteiger partial charge on any atom is 0.135 e. The summed E-state index contributed by atoms with van der Waals surface area (Å²) < 4.78 is 0. The highest BCUT2D eigenvalue weighted by Gasteiger charge is 2.14. The third-order valence-electron chi connectivity index (χ3n) is 2.35. The summed E-state index contributed by atoms with van der Waals surface area (Å²) in [6, 6.07) is 9.75. The summed E-state index contributed by atoms with van der Waals surface area (Å²) in [6.45, 7) is 8.95. The third-order valence-corrected chi connectivity index (χ3v) is 2.35. The Kier molecular flexibility index (Phi) is 6.40. The normalized spacial score (nSPS) is 10.2. The van der Waals surface area contributed by atoms with Gasteiger partial charge in [-0.3, -0.25) is 9.59 Å². The minimum absolute atomic E-state index is 0.139. The minimum Gasteiger partial charge on any atom is -0.300 e. The van der Waals surface area contributed by atoms with E-state index in [9.17, 15) is 9.59 Å². The van der Waals surface area contributed by atoms with E-state index < -0.39 is 0 Å². The van der Waals surface area contributed by atoms with E-state index in [1.807, 2.05) is 51.1 Å². The second kappa shape index (κ2) is 7.00. The van der Waals surface area contributed by atoms with Crippen LogP contribution in [0.2, 0.25) is 0 Å². The molecule has 1 aromatic rings. The van der Waals surface area contributed by atoms with E-state index in [1.165, 1.54) is 0 Å². The summed E-state index contributed by atoms with van der Waals surface area (Å²) >= 11 is 0. The van der Waals surface area contributed by atoms with Crippen molar-refractivity contribution in [1.82, 2.24) is 0 Å². The Balaban J connectivity index is 0.000000325. The molecule has 1 rings (SSSR count). The van der Waals surface area contributed by atoms with Crippen LogP contribution in [0, 0.1) is 5.41 Å². The minimum atomic E-state index is -0.139. The molecule has 0 amide bonds. The van der Waals surface area contributed by atoms with Crippen molar-refractivity contribution >= 4 is 11.6 Å². The number of ketones is 2. The smallest absolute Gasteiger partial charge is 0.135 e. The molecule has 2 nitrogen and oxygen atoms in total. The molecule has 0 spiro atoms. The summed E-state index contributed by atoms with van der Waals surface area (Å²) in [5.74, 6) is 0.457. The fourth-order valence-electron chi connectivity index (χ4n) is 0.883. The number of Topliss-reactive ketones (excluding diaryl/α,β-unsaturated/α-hetero) is 2. The molecular formula is C15H22O2. The highest BCUT2D eigenvalue weighted by atomic mass is 16.1. The molecule has 0 saturated carbocycles. The number of benzene rings is 1. The first kappa shape index (κ1) is 15.6. The Morgan fingerprint density at radius 1 is 1.00 bits per heavy atom. The molecule has 0 fully saturated rings. The van der Waals surface area contributed by atoms with Gasteiger partial charge in [0.1, 0.15) is 11.6 Å². The average molecular weight is 234 g/mol. The van der Waals surface area contributed by atoms with E-state index in [2.05, 4.69) is 0 Å². The Bertz CT molecular complexity index is 358. The molecule has 0 aliphatic carbocycles. The Labute approximate surface area is 104 Å². The maximum atomic E-state index is 10.6. The van der Waals surface area contributed by atoms with E-state index in [0.717, 1.165) is 5.56 Å². The molecule has 0 radical (unpaired) electrons. The largest absolute Gasteiger partial charge is 0.300 e. The molecule has 1 aromatic carbocycles. The second-order valence-corrected chi connectivity index (χ2v) is 5.17. The molecule has 0 N–H and O–H groups in total. The maximum absolute atomic E-state index is 10.6. The zero-order valence-electron chi connectivity index (χ0n) is 11.4. The molecular weight excluding hydrogens is 212 g/mol. The summed E-state index contributed by atoms with van der Waals surface area (Å²) in [5.41, 5.74) is 0.954. The fraction of sp³-hybridized carbons (Fsp3) is 0.467. The van der Waals surface area contributed by atoms with Gasteiger partial charge < -0.3 is 0 Å². The molecule has 94 valence electrons. The lowest BCUT2D eigenvalue weighted by Crippen LogP contribution is -2.15. The molecule has 0 atom stereocenters. The highest BCUT2D eigenvalue weighted by Crippen LogP contribution is 2.12. The quantitative estimate of drug-likeness (QED) is 0.785. The molecule has 0 unspecified atom stereocenters. The van der Waals surface area contributed by atoms with Gasteiger partial charge in [-0.2, -0.15) is 0 Å². The van der Waals surface area contributed by atoms with Crippen LogP contribution >= 0.6 is 0 Å². The lowest BCUT2D eigenvalue weighted by atomic mass is 9.92. The highest BCUT2D eigenvalue weighted by molar-refractivity contribution is 5.80. The molecule has 0 aromatic heterocycles. The van der Waals surface area contributed by atoms with Gasteiger partial charge in [0.25, 0.3) is 0 Å². The Morgan fingerprint density at radius 3 is 1.71 bits per heavy atom. The van der Waals surface area contributed by atoms with Gasteiger partial charge in [0.05, 0.1) is 0 Å². The number of hydrogen-bond acceptors (Lipinski definition) is 2.